The molecule has 23 heavy (non-hydrogen) atoms. The number of nitrogens with zero attached hydrogens (tertiary/aromatic N) is 2. The van der Waals surface area contributed by atoms with E-state index in [4.69, 9.17) is 10.5 Å². The highest BCUT2D eigenvalue weighted by molar-refractivity contribution is 5.95. The molecule has 2 atom stereocenters. The Kier molecular flexibility index (Phi) is 4.57. The van der Waals surface area contributed by atoms with Crippen LogP contribution in [-0.4, -0.2) is 34.9 Å². The van der Waals surface area contributed by atoms with Crippen molar-refractivity contribution < 1.29 is 9.53 Å². The molecule has 1 amide bonds. The lowest BCUT2D eigenvalue weighted by molar-refractivity contribution is 0.0743. The van der Waals surface area contributed by atoms with E-state index in [0.29, 0.717) is 29.5 Å². The number of pyridine rings is 1. The van der Waals surface area contributed by atoms with Gasteiger partial charge in [0.15, 0.2) is 0 Å². The molecule has 1 aromatic carbocycles. The maximum atomic E-state index is 12.7. The molecule has 120 valence electrons. The zero-order chi connectivity index (χ0) is 16.2. The van der Waals surface area contributed by atoms with Crippen LogP contribution >= 0.6 is 0 Å². The lowest BCUT2D eigenvalue weighted by Gasteiger charge is -2.21. The van der Waals surface area contributed by atoms with E-state index >= 15 is 0 Å². The topological polar surface area (TPSA) is 68.5 Å². The molecule has 0 spiro atoms. The van der Waals surface area contributed by atoms with Gasteiger partial charge in [0.25, 0.3) is 5.91 Å². The summed E-state index contributed by atoms with van der Waals surface area (Å²) in [6.07, 6.45) is 4.31. The van der Waals surface area contributed by atoms with Crippen LogP contribution in [0.2, 0.25) is 0 Å². The highest BCUT2D eigenvalue weighted by Crippen LogP contribution is 2.26. The fourth-order valence-corrected chi connectivity index (χ4v) is 3.00. The first kappa shape index (κ1) is 15.5. The lowest BCUT2D eigenvalue weighted by Crippen LogP contribution is -2.34. The van der Waals surface area contributed by atoms with Crippen LogP contribution in [0.25, 0.3) is 0 Å². The lowest BCUT2D eigenvalue weighted by atomic mass is 10.1. The standard InChI is InChI=1S/C18H21N3O2/c1-13-9-14(11-19)12-21(13)18(22)15-3-2-4-17(10-15)23-16-5-7-20-8-6-16/h2-8,10,13-14H,9,11-12,19H2,1H3. The summed E-state index contributed by atoms with van der Waals surface area (Å²) in [6.45, 7) is 3.43. The van der Waals surface area contributed by atoms with Gasteiger partial charge in [-0.25, -0.2) is 0 Å². The van der Waals surface area contributed by atoms with E-state index in [9.17, 15) is 4.79 Å². The molecule has 1 aliphatic rings. The molecular weight excluding hydrogens is 290 g/mol. The molecular formula is C18H21N3O2. The van der Waals surface area contributed by atoms with Crippen molar-refractivity contribution in [3.63, 3.8) is 0 Å². The Morgan fingerprint density at radius 1 is 1.30 bits per heavy atom. The Morgan fingerprint density at radius 2 is 2.09 bits per heavy atom. The van der Waals surface area contributed by atoms with Crippen LogP contribution in [0.15, 0.2) is 48.8 Å². The van der Waals surface area contributed by atoms with E-state index in [-0.39, 0.29) is 11.9 Å². The highest BCUT2D eigenvalue weighted by Gasteiger charge is 2.32. The van der Waals surface area contributed by atoms with E-state index in [1.165, 1.54) is 0 Å². The van der Waals surface area contributed by atoms with Gasteiger partial charge in [-0.1, -0.05) is 6.07 Å². The molecule has 2 N–H and O–H groups in total. The van der Waals surface area contributed by atoms with Gasteiger partial charge in [-0.15, -0.1) is 0 Å². The van der Waals surface area contributed by atoms with Crippen LogP contribution in [0, 0.1) is 5.92 Å². The van der Waals surface area contributed by atoms with Crippen molar-refractivity contribution >= 4 is 5.91 Å². The molecule has 0 radical (unpaired) electrons. The quantitative estimate of drug-likeness (QED) is 0.942. The second-order valence-electron chi connectivity index (χ2n) is 5.96. The number of ether oxygens (including phenoxy) is 1. The van der Waals surface area contributed by atoms with Crippen molar-refractivity contribution in [3.8, 4) is 11.5 Å². The van der Waals surface area contributed by atoms with Crippen LogP contribution in [0.3, 0.4) is 0 Å². The molecule has 1 aliphatic heterocycles. The van der Waals surface area contributed by atoms with Crippen LogP contribution in [0.5, 0.6) is 11.5 Å². The van der Waals surface area contributed by atoms with Gasteiger partial charge in [-0.3, -0.25) is 9.78 Å². The van der Waals surface area contributed by atoms with E-state index in [1.807, 2.05) is 23.1 Å². The van der Waals surface area contributed by atoms with E-state index in [2.05, 4.69) is 11.9 Å². The fraction of sp³-hybridized carbons (Fsp3) is 0.333. The number of carbonyl (C=O) groups is 1. The number of hydrogen-bond donors (Lipinski definition) is 1. The van der Waals surface area contributed by atoms with Gasteiger partial charge >= 0.3 is 0 Å². The third-order valence-electron chi connectivity index (χ3n) is 4.22. The smallest absolute Gasteiger partial charge is 0.254 e. The molecule has 0 saturated carbocycles. The summed E-state index contributed by atoms with van der Waals surface area (Å²) >= 11 is 0. The Bertz CT molecular complexity index is 675. The predicted molar refractivity (Wildman–Crippen MR) is 88.4 cm³/mol. The van der Waals surface area contributed by atoms with Gasteiger partial charge in [0.05, 0.1) is 0 Å². The normalized spacial score (nSPS) is 20.5. The number of hydrogen-bond acceptors (Lipinski definition) is 4. The minimum Gasteiger partial charge on any atom is -0.457 e. The zero-order valence-corrected chi connectivity index (χ0v) is 13.2. The summed E-state index contributed by atoms with van der Waals surface area (Å²) in [5.74, 6) is 1.77. The van der Waals surface area contributed by atoms with E-state index in [1.54, 1.807) is 30.6 Å². The first-order chi connectivity index (χ1) is 11.2. The third-order valence-corrected chi connectivity index (χ3v) is 4.22. The van der Waals surface area contributed by atoms with Gasteiger partial charge in [0, 0.05) is 30.5 Å². The summed E-state index contributed by atoms with van der Waals surface area (Å²) in [4.78, 5) is 18.6. The predicted octanol–water partition coefficient (Wildman–Crippen LogP) is 2.68. The number of rotatable bonds is 4. The van der Waals surface area contributed by atoms with E-state index in [0.717, 1.165) is 13.0 Å². The third kappa shape index (κ3) is 3.51. The molecule has 1 saturated heterocycles. The Hall–Kier alpha value is -2.40. The van der Waals surface area contributed by atoms with Crippen molar-refractivity contribution in [2.45, 2.75) is 19.4 Å². The maximum Gasteiger partial charge on any atom is 0.254 e. The first-order valence-electron chi connectivity index (χ1n) is 7.86. The number of likely N-dealkylation sites (tertiary alicyclic amines) is 1. The SMILES string of the molecule is CC1CC(CN)CN1C(=O)c1cccc(Oc2ccncc2)c1. The molecule has 5 nitrogen and oxygen atoms in total. The van der Waals surface area contributed by atoms with Gasteiger partial charge in [-0.05, 0) is 56.1 Å². The average molecular weight is 311 g/mol. The summed E-state index contributed by atoms with van der Waals surface area (Å²) in [5.41, 5.74) is 6.38. The molecule has 1 aromatic heterocycles. The Labute approximate surface area is 136 Å². The number of nitrogens with two attached hydrogens (primary N) is 1. The maximum absolute atomic E-state index is 12.7. The number of amides is 1. The summed E-state index contributed by atoms with van der Waals surface area (Å²) in [7, 11) is 0. The molecule has 0 bridgehead atoms. The monoisotopic (exact) mass is 311 g/mol. The molecule has 1 fully saturated rings. The van der Waals surface area contributed by atoms with Crippen molar-refractivity contribution in [1.29, 1.82) is 0 Å². The molecule has 0 aliphatic carbocycles. The van der Waals surface area contributed by atoms with Crippen molar-refractivity contribution in [2.75, 3.05) is 13.1 Å². The number of aromatic nitrogens is 1. The van der Waals surface area contributed by atoms with Gasteiger partial charge in [-0.2, -0.15) is 0 Å². The molecule has 5 heteroatoms. The van der Waals surface area contributed by atoms with Crippen LogP contribution in [0.4, 0.5) is 0 Å². The van der Waals surface area contributed by atoms with Gasteiger partial charge in [0.1, 0.15) is 11.5 Å². The summed E-state index contributed by atoms with van der Waals surface area (Å²) < 4.78 is 5.77. The minimum atomic E-state index is 0.0358. The van der Waals surface area contributed by atoms with Crippen molar-refractivity contribution in [2.24, 2.45) is 11.7 Å². The van der Waals surface area contributed by atoms with Crippen LogP contribution in [-0.2, 0) is 0 Å². The van der Waals surface area contributed by atoms with Crippen LogP contribution < -0.4 is 10.5 Å². The molecule has 2 unspecified atom stereocenters. The van der Waals surface area contributed by atoms with E-state index < -0.39 is 0 Å². The minimum absolute atomic E-state index is 0.0358. The first-order valence-corrected chi connectivity index (χ1v) is 7.86. The largest absolute Gasteiger partial charge is 0.457 e. The summed E-state index contributed by atoms with van der Waals surface area (Å²) in [5, 5.41) is 0. The molecule has 2 heterocycles. The molecule has 2 aromatic rings. The second-order valence-corrected chi connectivity index (χ2v) is 5.96. The molecule has 3 rings (SSSR count). The number of carbonyl (C=O) groups excluding carboxylic acids is 1. The van der Waals surface area contributed by atoms with Crippen LogP contribution in [0.1, 0.15) is 23.7 Å². The van der Waals surface area contributed by atoms with Gasteiger partial charge < -0.3 is 15.4 Å². The highest BCUT2D eigenvalue weighted by atomic mass is 16.5. The van der Waals surface area contributed by atoms with Crippen molar-refractivity contribution in [3.05, 3.63) is 54.4 Å². The average Bonchev–Trinajstić information content (AvgIpc) is 2.96. The zero-order valence-electron chi connectivity index (χ0n) is 13.2. The number of benzene rings is 1. The van der Waals surface area contributed by atoms with Crippen molar-refractivity contribution in [1.82, 2.24) is 9.88 Å². The Balaban J connectivity index is 1.76. The Morgan fingerprint density at radius 3 is 2.78 bits per heavy atom. The summed E-state index contributed by atoms with van der Waals surface area (Å²) in [6, 6.07) is 11.1. The second kappa shape index (κ2) is 6.79. The van der Waals surface area contributed by atoms with Gasteiger partial charge in [0.2, 0.25) is 0 Å². The fourth-order valence-electron chi connectivity index (χ4n) is 3.00.